The molecule has 5 heteroatoms. The van der Waals surface area contributed by atoms with Crippen LogP contribution >= 0.6 is 0 Å². The third kappa shape index (κ3) is 4.31. The largest absolute Gasteiger partial charge is 0.497 e. The number of rotatable bonds is 5. The maximum Gasteiger partial charge on any atom is 0.408 e. The summed E-state index contributed by atoms with van der Waals surface area (Å²) in [6.45, 7) is 5.10. The number of hydrogen-bond donors (Lipinski definition) is 1. The number of alkyl halides is 3. The molecule has 100 valence electrons. The topological polar surface area (TPSA) is 21.3 Å². The maximum absolute atomic E-state index is 12.8. The van der Waals surface area contributed by atoms with E-state index in [-0.39, 0.29) is 6.42 Å². The number of ether oxygens (including phenoxy) is 1. The van der Waals surface area contributed by atoms with Crippen molar-refractivity contribution in [3.8, 4) is 5.75 Å². The van der Waals surface area contributed by atoms with E-state index in [2.05, 4.69) is 11.9 Å². The Morgan fingerprint density at radius 1 is 1.33 bits per heavy atom. The zero-order valence-electron chi connectivity index (χ0n) is 10.3. The van der Waals surface area contributed by atoms with Crippen molar-refractivity contribution < 1.29 is 17.9 Å². The lowest BCUT2D eigenvalue weighted by Crippen LogP contribution is -2.36. The van der Waals surface area contributed by atoms with Crippen LogP contribution in [0.4, 0.5) is 18.9 Å². The summed E-state index contributed by atoms with van der Waals surface area (Å²) in [7, 11) is 1.50. The predicted octanol–water partition coefficient (Wildman–Crippen LogP) is 4.00. The monoisotopic (exact) mass is 259 g/mol. The van der Waals surface area contributed by atoms with E-state index in [1.165, 1.54) is 7.11 Å². The van der Waals surface area contributed by atoms with Gasteiger partial charge in [0.05, 0.1) is 7.11 Å². The molecule has 1 aromatic rings. The van der Waals surface area contributed by atoms with Crippen molar-refractivity contribution in [2.45, 2.75) is 25.6 Å². The molecule has 1 unspecified atom stereocenters. The van der Waals surface area contributed by atoms with Crippen molar-refractivity contribution in [3.05, 3.63) is 36.4 Å². The molecular weight excluding hydrogens is 243 g/mol. The normalized spacial score (nSPS) is 12.9. The molecule has 0 aliphatic rings. The standard InChI is InChI=1S/C13H16F3NO/c1-9(2)8-12(13(14,15)16)17-10-4-6-11(18-3)7-5-10/h4-7,12,17H,1,8H2,2-3H3. The number of halogens is 3. The van der Waals surface area contributed by atoms with Crippen LogP contribution in [-0.4, -0.2) is 19.3 Å². The first-order valence-electron chi connectivity index (χ1n) is 5.44. The third-order valence-corrected chi connectivity index (χ3v) is 2.38. The molecule has 0 saturated heterocycles. The molecule has 0 aliphatic heterocycles. The highest BCUT2D eigenvalue weighted by atomic mass is 19.4. The average Bonchev–Trinajstić information content (AvgIpc) is 2.27. The van der Waals surface area contributed by atoms with Crippen molar-refractivity contribution in [2.75, 3.05) is 12.4 Å². The second kappa shape index (κ2) is 5.80. The van der Waals surface area contributed by atoms with Gasteiger partial charge < -0.3 is 10.1 Å². The van der Waals surface area contributed by atoms with E-state index in [0.29, 0.717) is 17.0 Å². The Hall–Kier alpha value is -1.65. The summed E-state index contributed by atoms with van der Waals surface area (Å²) < 4.78 is 43.3. The first-order valence-corrected chi connectivity index (χ1v) is 5.44. The number of hydrogen-bond acceptors (Lipinski definition) is 2. The maximum atomic E-state index is 12.8. The summed E-state index contributed by atoms with van der Waals surface area (Å²) in [6.07, 6.45) is -4.45. The molecule has 0 heterocycles. The molecule has 0 saturated carbocycles. The van der Waals surface area contributed by atoms with Gasteiger partial charge >= 0.3 is 6.18 Å². The lowest BCUT2D eigenvalue weighted by Gasteiger charge is -2.22. The Labute approximate surface area is 104 Å². The van der Waals surface area contributed by atoms with E-state index in [1.54, 1.807) is 31.2 Å². The van der Waals surface area contributed by atoms with E-state index >= 15 is 0 Å². The highest BCUT2D eigenvalue weighted by Gasteiger charge is 2.39. The molecule has 2 nitrogen and oxygen atoms in total. The van der Waals surface area contributed by atoms with Crippen molar-refractivity contribution in [1.29, 1.82) is 0 Å². The fourth-order valence-corrected chi connectivity index (χ4v) is 1.49. The number of benzene rings is 1. The van der Waals surface area contributed by atoms with Crippen LogP contribution in [0.15, 0.2) is 36.4 Å². The van der Waals surface area contributed by atoms with Gasteiger partial charge in [-0.2, -0.15) is 13.2 Å². The fraction of sp³-hybridized carbons (Fsp3) is 0.385. The van der Waals surface area contributed by atoms with Crippen LogP contribution in [0.3, 0.4) is 0 Å². The smallest absolute Gasteiger partial charge is 0.408 e. The highest BCUT2D eigenvalue weighted by molar-refractivity contribution is 5.47. The summed E-state index contributed by atoms with van der Waals surface area (Å²) in [5.74, 6) is 0.601. The molecule has 0 spiro atoms. The Morgan fingerprint density at radius 3 is 2.28 bits per heavy atom. The summed E-state index contributed by atoms with van der Waals surface area (Å²) in [5, 5.41) is 2.46. The van der Waals surface area contributed by atoms with Crippen LogP contribution in [0, 0.1) is 0 Å². The van der Waals surface area contributed by atoms with Crippen molar-refractivity contribution in [3.63, 3.8) is 0 Å². The van der Waals surface area contributed by atoms with Crippen LogP contribution in [0.25, 0.3) is 0 Å². The highest BCUT2D eigenvalue weighted by Crippen LogP contribution is 2.28. The zero-order valence-corrected chi connectivity index (χ0v) is 10.3. The number of nitrogens with one attached hydrogen (secondary N) is 1. The minimum absolute atomic E-state index is 0.143. The molecule has 0 fully saturated rings. The van der Waals surface area contributed by atoms with E-state index in [9.17, 15) is 13.2 Å². The predicted molar refractivity (Wildman–Crippen MR) is 65.9 cm³/mol. The minimum atomic E-state index is -4.31. The SMILES string of the molecule is C=C(C)CC(Nc1ccc(OC)cc1)C(F)(F)F. The zero-order chi connectivity index (χ0) is 13.8. The van der Waals surface area contributed by atoms with Crippen LogP contribution in [0.2, 0.25) is 0 Å². The van der Waals surface area contributed by atoms with Gasteiger partial charge in [0.1, 0.15) is 11.8 Å². The lowest BCUT2D eigenvalue weighted by molar-refractivity contribution is -0.142. The second-order valence-corrected chi connectivity index (χ2v) is 4.13. The summed E-state index contributed by atoms with van der Waals surface area (Å²) in [5.41, 5.74) is 0.887. The van der Waals surface area contributed by atoms with Crippen LogP contribution in [0.5, 0.6) is 5.75 Å². The molecule has 0 bridgehead atoms. The number of methoxy groups -OCH3 is 1. The van der Waals surface area contributed by atoms with Gasteiger partial charge in [-0.05, 0) is 37.6 Å². The molecule has 1 rings (SSSR count). The molecule has 0 radical (unpaired) electrons. The summed E-state index contributed by atoms with van der Waals surface area (Å²) in [6, 6.07) is 4.70. The molecule has 0 aromatic heterocycles. The Kier molecular flexibility index (Phi) is 4.64. The molecule has 1 atom stereocenters. The van der Waals surface area contributed by atoms with Crippen molar-refractivity contribution in [1.82, 2.24) is 0 Å². The van der Waals surface area contributed by atoms with E-state index in [4.69, 9.17) is 4.74 Å². The number of anilines is 1. The second-order valence-electron chi connectivity index (χ2n) is 4.13. The first-order chi connectivity index (χ1) is 8.32. The molecule has 1 aromatic carbocycles. The molecular formula is C13H16F3NO. The molecule has 0 amide bonds. The van der Waals surface area contributed by atoms with Gasteiger partial charge in [0, 0.05) is 5.69 Å². The van der Waals surface area contributed by atoms with Gasteiger partial charge in [0.2, 0.25) is 0 Å². The molecule has 0 aliphatic carbocycles. The quantitative estimate of drug-likeness (QED) is 0.807. The summed E-state index contributed by atoms with van der Waals surface area (Å²) in [4.78, 5) is 0. The van der Waals surface area contributed by atoms with Crippen molar-refractivity contribution >= 4 is 5.69 Å². The van der Waals surface area contributed by atoms with Crippen LogP contribution < -0.4 is 10.1 Å². The van der Waals surface area contributed by atoms with E-state index in [0.717, 1.165) is 0 Å². The van der Waals surface area contributed by atoms with Gasteiger partial charge in [-0.25, -0.2) is 0 Å². The van der Waals surface area contributed by atoms with E-state index < -0.39 is 12.2 Å². The Balaban J connectivity index is 2.79. The van der Waals surface area contributed by atoms with Gasteiger partial charge in [0.25, 0.3) is 0 Å². The molecule has 1 N–H and O–H groups in total. The van der Waals surface area contributed by atoms with Crippen LogP contribution in [0.1, 0.15) is 13.3 Å². The fourth-order valence-electron chi connectivity index (χ4n) is 1.49. The van der Waals surface area contributed by atoms with E-state index in [1.807, 2.05) is 0 Å². The van der Waals surface area contributed by atoms with Gasteiger partial charge in [-0.3, -0.25) is 0 Å². The first kappa shape index (κ1) is 14.4. The Bertz CT molecular complexity index is 398. The molecule has 18 heavy (non-hydrogen) atoms. The van der Waals surface area contributed by atoms with Crippen molar-refractivity contribution in [2.24, 2.45) is 0 Å². The summed E-state index contributed by atoms with van der Waals surface area (Å²) >= 11 is 0. The van der Waals surface area contributed by atoms with Gasteiger partial charge in [0.15, 0.2) is 0 Å². The third-order valence-electron chi connectivity index (χ3n) is 2.38. The Morgan fingerprint density at radius 2 is 1.89 bits per heavy atom. The van der Waals surface area contributed by atoms with Gasteiger partial charge in [-0.1, -0.05) is 5.57 Å². The lowest BCUT2D eigenvalue weighted by atomic mass is 10.1. The minimum Gasteiger partial charge on any atom is -0.497 e. The van der Waals surface area contributed by atoms with Gasteiger partial charge in [-0.15, -0.1) is 6.58 Å². The van der Waals surface area contributed by atoms with Crippen LogP contribution in [-0.2, 0) is 0 Å². The average molecular weight is 259 g/mol.